The monoisotopic (exact) mass is 371 g/mol. The van der Waals surface area contributed by atoms with E-state index in [0.29, 0.717) is 21.2 Å². The number of ketones is 1. The number of carbonyl (C=O) groups is 1. The first kappa shape index (κ1) is 16.5. The lowest BCUT2D eigenvalue weighted by molar-refractivity contribution is 0.103. The molecule has 0 saturated heterocycles. The molecule has 0 radical (unpaired) electrons. The molecule has 0 atom stereocenters. The highest BCUT2D eigenvalue weighted by Gasteiger charge is 2.34. The number of rotatable bonds is 5. The van der Waals surface area contributed by atoms with E-state index in [1.54, 1.807) is 12.3 Å². The van der Waals surface area contributed by atoms with Gasteiger partial charge in [-0.05, 0) is 31.2 Å². The summed E-state index contributed by atoms with van der Waals surface area (Å²) in [5.74, 6) is 0.334. The Hall–Kier alpha value is -1.31. The molecule has 1 heterocycles. The van der Waals surface area contributed by atoms with Gasteiger partial charge in [0.25, 0.3) is 0 Å². The van der Waals surface area contributed by atoms with Crippen LogP contribution in [0, 0.1) is 0 Å². The van der Waals surface area contributed by atoms with Gasteiger partial charge in [0.2, 0.25) is 0 Å². The van der Waals surface area contributed by atoms with Crippen molar-refractivity contribution >= 4 is 39.0 Å². The number of benzene rings is 1. The average molecular weight is 372 g/mol. The van der Waals surface area contributed by atoms with E-state index in [2.05, 4.69) is 5.16 Å². The molecule has 1 aliphatic carbocycles. The molecule has 0 bridgehead atoms. The third kappa shape index (κ3) is 3.05. The van der Waals surface area contributed by atoms with Gasteiger partial charge in [0.1, 0.15) is 0 Å². The van der Waals surface area contributed by atoms with Gasteiger partial charge < -0.3 is 4.52 Å². The van der Waals surface area contributed by atoms with E-state index >= 15 is 0 Å². The number of hydrogen-bond acceptors (Lipinski definition) is 6. The van der Waals surface area contributed by atoms with Crippen LogP contribution in [0.2, 0.25) is 5.02 Å². The SMILES string of the molecule is CSc1c(Cl)ccc(C(=O)c2cnoc2C2CC2)c1S(C)(=O)=O. The lowest BCUT2D eigenvalue weighted by Crippen LogP contribution is -2.11. The van der Waals surface area contributed by atoms with Crippen LogP contribution < -0.4 is 0 Å². The minimum absolute atomic E-state index is 0.0366. The second-order valence-corrected chi connectivity index (χ2v) is 8.61. The molecule has 8 heteroatoms. The fraction of sp³-hybridized carbons (Fsp3) is 0.333. The van der Waals surface area contributed by atoms with Crippen molar-refractivity contribution in [1.29, 1.82) is 0 Å². The average Bonchev–Trinajstić information content (AvgIpc) is 3.22. The van der Waals surface area contributed by atoms with Crippen LogP contribution in [0.5, 0.6) is 0 Å². The number of sulfone groups is 1. The Morgan fingerprint density at radius 1 is 1.35 bits per heavy atom. The summed E-state index contributed by atoms with van der Waals surface area (Å²) in [6.07, 6.45) is 6.05. The van der Waals surface area contributed by atoms with Crippen molar-refractivity contribution in [1.82, 2.24) is 5.16 Å². The molecule has 1 aliphatic rings. The fourth-order valence-corrected chi connectivity index (χ4v) is 5.19. The first-order valence-electron chi connectivity index (χ1n) is 6.90. The van der Waals surface area contributed by atoms with Crippen molar-refractivity contribution in [3.05, 3.63) is 40.2 Å². The van der Waals surface area contributed by atoms with Gasteiger partial charge in [-0.3, -0.25) is 4.79 Å². The van der Waals surface area contributed by atoms with Gasteiger partial charge in [-0.25, -0.2) is 8.42 Å². The summed E-state index contributed by atoms with van der Waals surface area (Å²) < 4.78 is 29.6. The smallest absolute Gasteiger partial charge is 0.199 e. The normalized spacial score (nSPS) is 14.9. The van der Waals surface area contributed by atoms with E-state index in [1.165, 1.54) is 24.0 Å². The number of halogens is 1. The standard InChI is InChI=1S/C15H14ClNO4S2/c1-22-14-11(16)6-5-9(15(14)23(2,19)20)12(18)10-7-17-21-13(10)8-3-4-8/h5-8H,3-4H2,1-2H3. The molecule has 2 aromatic rings. The highest BCUT2D eigenvalue weighted by molar-refractivity contribution is 7.99. The highest BCUT2D eigenvalue weighted by Crippen LogP contribution is 2.43. The molecule has 1 aromatic carbocycles. The molecule has 0 amide bonds. The predicted molar refractivity (Wildman–Crippen MR) is 88.3 cm³/mol. The molecular formula is C15H14ClNO4S2. The highest BCUT2D eigenvalue weighted by atomic mass is 35.5. The lowest BCUT2D eigenvalue weighted by atomic mass is 10.0. The van der Waals surface area contributed by atoms with Crippen molar-refractivity contribution < 1.29 is 17.7 Å². The van der Waals surface area contributed by atoms with Gasteiger partial charge in [-0.1, -0.05) is 16.8 Å². The van der Waals surface area contributed by atoms with E-state index in [0.717, 1.165) is 19.1 Å². The van der Waals surface area contributed by atoms with Crippen molar-refractivity contribution in [3.8, 4) is 0 Å². The van der Waals surface area contributed by atoms with Gasteiger partial charge in [0, 0.05) is 22.6 Å². The number of thioether (sulfide) groups is 1. The fourth-order valence-electron chi connectivity index (χ4n) is 2.48. The van der Waals surface area contributed by atoms with Crippen LogP contribution in [0.15, 0.2) is 32.6 Å². The maximum atomic E-state index is 12.9. The van der Waals surface area contributed by atoms with Crippen molar-refractivity contribution in [2.45, 2.75) is 28.6 Å². The molecule has 1 aromatic heterocycles. The molecule has 1 fully saturated rings. The Morgan fingerprint density at radius 3 is 2.61 bits per heavy atom. The number of aromatic nitrogens is 1. The maximum Gasteiger partial charge on any atom is 0.199 e. The van der Waals surface area contributed by atoms with E-state index < -0.39 is 15.6 Å². The zero-order chi connectivity index (χ0) is 16.8. The summed E-state index contributed by atoms with van der Waals surface area (Å²) in [6, 6.07) is 2.99. The summed E-state index contributed by atoms with van der Waals surface area (Å²) in [7, 11) is -3.63. The Bertz CT molecular complexity index is 885. The minimum atomic E-state index is -3.63. The molecule has 0 aliphatic heterocycles. The van der Waals surface area contributed by atoms with Crippen LogP contribution in [0.4, 0.5) is 0 Å². The van der Waals surface area contributed by atoms with Crippen LogP contribution in [0.25, 0.3) is 0 Å². The molecular weight excluding hydrogens is 358 g/mol. The molecule has 0 spiro atoms. The quantitative estimate of drug-likeness (QED) is 0.590. The first-order valence-corrected chi connectivity index (χ1v) is 10.4. The number of hydrogen-bond donors (Lipinski definition) is 0. The third-order valence-electron chi connectivity index (χ3n) is 3.67. The third-order valence-corrected chi connectivity index (χ3v) is 6.23. The molecule has 0 unspecified atom stereocenters. The second-order valence-electron chi connectivity index (χ2n) is 5.44. The summed E-state index contributed by atoms with van der Waals surface area (Å²) in [4.78, 5) is 13.2. The van der Waals surface area contributed by atoms with Gasteiger partial charge in [-0.15, -0.1) is 11.8 Å². The molecule has 3 rings (SSSR count). The van der Waals surface area contributed by atoms with E-state index in [-0.39, 0.29) is 16.4 Å². The van der Waals surface area contributed by atoms with Crippen LogP contribution in [-0.2, 0) is 9.84 Å². The summed E-state index contributed by atoms with van der Waals surface area (Å²) in [6.45, 7) is 0. The second kappa shape index (κ2) is 5.96. The van der Waals surface area contributed by atoms with Crippen LogP contribution in [-0.4, -0.2) is 31.9 Å². The molecule has 23 heavy (non-hydrogen) atoms. The summed E-state index contributed by atoms with van der Waals surface area (Å²) in [5.41, 5.74) is 0.429. The van der Waals surface area contributed by atoms with Gasteiger partial charge >= 0.3 is 0 Å². The van der Waals surface area contributed by atoms with Crippen molar-refractivity contribution in [2.75, 3.05) is 12.5 Å². The Balaban J connectivity index is 2.19. The van der Waals surface area contributed by atoms with Gasteiger partial charge in [0.05, 0.1) is 21.7 Å². The van der Waals surface area contributed by atoms with Crippen molar-refractivity contribution in [3.63, 3.8) is 0 Å². The summed E-state index contributed by atoms with van der Waals surface area (Å²) in [5, 5.41) is 4.01. The first-order chi connectivity index (χ1) is 10.8. The molecule has 0 N–H and O–H groups in total. The predicted octanol–water partition coefficient (Wildman–Crippen LogP) is 3.56. The van der Waals surface area contributed by atoms with Crippen LogP contribution >= 0.6 is 23.4 Å². The zero-order valence-corrected chi connectivity index (χ0v) is 14.9. The van der Waals surface area contributed by atoms with Crippen LogP contribution in [0.1, 0.15) is 40.4 Å². The number of carbonyl (C=O) groups excluding carboxylic acids is 1. The Kier molecular flexibility index (Phi) is 4.29. The minimum Gasteiger partial charge on any atom is -0.360 e. The van der Waals surface area contributed by atoms with E-state index in [1.807, 2.05) is 0 Å². The topological polar surface area (TPSA) is 77.2 Å². The van der Waals surface area contributed by atoms with Gasteiger partial charge in [-0.2, -0.15) is 0 Å². The number of nitrogens with zero attached hydrogens (tertiary/aromatic N) is 1. The summed E-state index contributed by atoms with van der Waals surface area (Å²) >= 11 is 7.30. The van der Waals surface area contributed by atoms with E-state index in [9.17, 15) is 13.2 Å². The van der Waals surface area contributed by atoms with Gasteiger partial charge in [0.15, 0.2) is 21.4 Å². The van der Waals surface area contributed by atoms with Crippen molar-refractivity contribution in [2.24, 2.45) is 0 Å². The van der Waals surface area contributed by atoms with E-state index in [4.69, 9.17) is 16.1 Å². The Morgan fingerprint density at radius 2 is 2.04 bits per heavy atom. The molecule has 122 valence electrons. The Labute approximate surface area is 143 Å². The zero-order valence-electron chi connectivity index (χ0n) is 12.5. The molecule has 5 nitrogen and oxygen atoms in total. The largest absolute Gasteiger partial charge is 0.360 e. The lowest BCUT2D eigenvalue weighted by Gasteiger charge is -2.12. The maximum absolute atomic E-state index is 12.9. The van der Waals surface area contributed by atoms with Crippen LogP contribution in [0.3, 0.4) is 0 Å². The molecule has 1 saturated carbocycles.